The number of carbonyl (C=O) groups excluding carboxylic acids is 2. The molecule has 1 N–H and O–H groups in total. The van der Waals surface area contributed by atoms with Crippen molar-refractivity contribution in [1.29, 1.82) is 0 Å². The number of halogens is 1. The minimum absolute atomic E-state index is 0.328. The Kier molecular flexibility index (Phi) is 6.44. The highest BCUT2D eigenvalue weighted by atomic mass is 79.9. The summed E-state index contributed by atoms with van der Waals surface area (Å²) in [7, 11) is 0. The summed E-state index contributed by atoms with van der Waals surface area (Å²) in [6.07, 6.45) is 1.44. The third kappa shape index (κ3) is 5.56. The second kappa shape index (κ2) is 8.20. The Morgan fingerprint density at radius 1 is 1.27 bits per heavy atom. The van der Waals surface area contributed by atoms with Crippen molar-refractivity contribution in [2.45, 2.75) is 51.8 Å². The summed E-state index contributed by atoms with van der Waals surface area (Å²) in [5.74, 6) is 0. The van der Waals surface area contributed by atoms with Gasteiger partial charge in [0.15, 0.2) is 0 Å². The molecular formula is C19H26BrN3O3. The van der Waals surface area contributed by atoms with Gasteiger partial charge >= 0.3 is 6.09 Å². The van der Waals surface area contributed by atoms with Crippen LogP contribution in [0.3, 0.4) is 0 Å². The first kappa shape index (κ1) is 20.4. The van der Waals surface area contributed by atoms with E-state index in [-0.39, 0.29) is 6.09 Å². The van der Waals surface area contributed by atoms with Gasteiger partial charge in [0.1, 0.15) is 11.3 Å². The van der Waals surface area contributed by atoms with Gasteiger partial charge < -0.3 is 15.0 Å². The number of rotatable bonds is 4. The molecule has 2 rings (SSSR count). The van der Waals surface area contributed by atoms with E-state index in [1.54, 1.807) is 4.90 Å². The topological polar surface area (TPSA) is 71.0 Å². The lowest BCUT2D eigenvalue weighted by molar-refractivity contribution is -0.111. The molecule has 1 heterocycles. The van der Waals surface area contributed by atoms with Crippen LogP contribution in [0.4, 0.5) is 4.79 Å². The van der Waals surface area contributed by atoms with Gasteiger partial charge in [-0.2, -0.15) is 0 Å². The van der Waals surface area contributed by atoms with Crippen molar-refractivity contribution < 1.29 is 14.3 Å². The van der Waals surface area contributed by atoms with Gasteiger partial charge in [0.25, 0.3) is 0 Å². The van der Waals surface area contributed by atoms with Crippen LogP contribution in [0.1, 0.15) is 46.1 Å². The number of likely N-dealkylation sites (tertiary alicyclic amines) is 1. The van der Waals surface area contributed by atoms with Crippen LogP contribution in [0.25, 0.3) is 0 Å². The third-order valence-corrected chi connectivity index (χ3v) is 4.74. The molecule has 0 atom stereocenters. The number of piperidine rings is 1. The zero-order chi connectivity index (χ0) is 19.4. The molecule has 0 aromatic heterocycles. The van der Waals surface area contributed by atoms with E-state index in [0.29, 0.717) is 32.3 Å². The predicted octanol–water partition coefficient (Wildman–Crippen LogP) is 3.73. The lowest BCUT2D eigenvalue weighted by Crippen LogP contribution is -2.54. The summed E-state index contributed by atoms with van der Waals surface area (Å²) in [6, 6.07) is 7.87. The van der Waals surface area contributed by atoms with Crippen molar-refractivity contribution in [3.8, 4) is 0 Å². The zero-order valence-electron chi connectivity index (χ0n) is 15.7. The number of aliphatic imine (C=N–C) groups is 1. The summed E-state index contributed by atoms with van der Waals surface area (Å²) in [4.78, 5) is 29.9. The van der Waals surface area contributed by atoms with E-state index in [9.17, 15) is 9.59 Å². The van der Waals surface area contributed by atoms with E-state index in [1.165, 1.54) is 0 Å². The molecule has 0 bridgehead atoms. The van der Waals surface area contributed by atoms with Gasteiger partial charge in [-0.1, -0.05) is 28.1 Å². The molecule has 0 radical (unpaired) electrons. The summed E-state index contributed by atoms with van der Waals surface area (Å²) < 4.78 is 6.42. The van der Waals surface area contributed by atoms with Gasteiger partial charge in [0.05, 0.1) is 0 Å². The quantitative estimate of drug-likeness (QED) is 0.592. The molecule has 0 aliphatic carbocycles. The van der Waals surface area contributed by atoms with Gasteiger partial charge in [0, 0.05) is 36.1 Å². The second-order valence-corrected chi connectivity index (χ2v) is 8.38. The first-order valence-corrected chi connectivity index (χ1v) is 9.45. The van der Waals surface area contributed by atoms with E-state index < -0.39 is 11.3 Å². The predicted molar refractivity (Wildman–Crippen MR) is 105 cm³/mol. The average Bonchev–Trinajstić information content (AvgIpc) is 2.54. The third-order valence-electron chi connectivity index (χ3n) is 4.21. The van der Waals surface area contributed by atoms with Crippen molar-refractivity contribution in [1.82, 2.24) is 10.2 Å². The number of hydrogen-bond donors (Lipinski definition) is 1. The molecule has 0 spiro atoms. The molecule has 1 fully saturated rings. The van der Waals surface area contributed by atoms with Crippen LogP contribution >= 0.6 is 15.9 Å². The van der Waals surface area contributed by atoms with E-state index >= 15 is 0 Å². The van der Waals surface area contributed by atoms with Crippen LogP contribution in [0.15, 0.2) is 33.7 Å². The molecular weight excluding hydrogens is 398 g/mol. The summed E-state index contributed by atoms with van der Waals surface area (Å²) in [6.45, 7) is 8.42. The van der Waals surface area contributed by atoms with Gasteiger partial charge in [-0.05, 0) is 45.4 Å². The molecule has 1 aromatic rings. The molecule has 0 saturated carbocycles. The van der Waals surface area contributed by atoms with E-state index in [4.69, 9.17) is 9.73 Å². The summed E-state index contributed by atoms with van der Waals surface area (Å²) in [5, 5.41) is 2.86. The number of amides is 2. The lowest BCUT2D eigenvalue weighted by atomic mass is 9.97. The Hall–Kier alpha value is -1.89. The van der Waals surface area contributed by atoms with Crippen LogP contribution in [-0.4, -0.2) is 47.5 Å². The Bertz CT molecular complexity index is 672. The maximum atomic E-state index is 12.2. The van der Waals surface area contributed by atoms with Crippen LogP contribution in [0.2, 0.25) is 0 Å². The van der Waals surface area contributed by atoms with Crippen LogP contribution in [0, 0.1) is 0 Å². The number of nitrogens with zero attached hydrogens (tertiary/aromatic N) is 2. The molecule has 2 amide bonds. The molecule has 1 aliphatic rings. The van der Waals surface area contributed by atoms with Crippen molar-refractivity contribution in [3.63, 3.8) is 0 Å². The Balaban J connectivity index is 2.12. The zero-order valence-corrected chi connectivity index (χ0v) is 17.3. The van der Waals surface area contributed by atoms with E-state index in [0.717, 1.165) is 15.7 Å². The Morgan fingerprint density at radius 3 is 2.35 bits per heavy atom. The Labute approximate surface area is 163 Å². The van der Waals surface area contributed by atoms with Crippen molar-refractivity contribution in [3.05, 3.63) is 34.3 Å². The minimum atomic E-state index is -0.697. The SMILES string of the molecule is CC(=NC1(NC=O)CCN(C(=O)OC(C)(C)C)CC1)c1ccc(Br)cc1. The van der Waals surface area contributed by atoms with Crippen molar-refractivity contribution in [2.75, 3.05) is 13.1 Å². The minimum Gasteiger partial charge on any atom is -0.444 e. The van der Waals surface area contributed by atoms with Gasteiger partial charge in [-0.25, -0.2) is 4.79 Å². The second-order valence-electron chi connectivity index (χ2n) is 7.47. The molecule has 0 unspecified atom stereocenters. The highest BCUT2D eigenvalue weighted by Gasteiger charge is 2.36. The van der Waals surface area contributed by atoms with Gasteiger partial charge in [-0.3, -0.25) is 9.79 Å². The summed E-state index contributed by atoms with van der Waals surface area (Å²) in [5.41, 5.74) is 0.618. The molecule has 1 aliphatic heterocycles. The van der Waals surface area contributed by atoms with E-state index in [1.807, 2.05) is 52.0 Å². The molecule has 7 heteroatoms. The fraction of sp³-hybridized carbons (Fsp3) is 0.526. The van der Waals surface area contributed by atoms with Crippen molar-refractivity contribution >= 4 is 34.1 Å². The summed E-state index contributed by atoms with van der Waals surface area (Å²) >= 11 is 3.42. The fourth-order valence-corrected chi connectivity index (χ4v) is 3.12. The highest BCUT2D eigenvalue weighted by molar-refractivity contribution is 9.10. The molecule has 1 saturated heterocycles. The molecule has 26 heavy (non-hydrogen) atoms. The lowest BCUT2D eigenvalue weighted by Gasteiger charge is -2.39. The average molecular weight is 424 g/mol. The van der Waals surface area contributed by atoms with Crippen LogP contribution < -0.4 is 5.32 Å². The first-order chi connectivity index (χ1) is 12.1. The van der Waals surface area contributed by atoms with Crippen LogP contribution in [-0.2, 0) is 9.53 Å². The van der Waals surface area contributed by atoms with E-state index in [2.05, 4.69) is 21.2 Å². The monoisotopic (exact) mass is 423 g/mol. The number of hydrogen-bond acceptors (Lipinski definition) is 4. The standard InChI is InChI=1S/C19H26BrN3O3/c1-14(15-5-7-16(20)8-6-15)22-19(21-13-24)9-11-23(12-10-19)17(25)26-18(2,3)4/h5-8,13H,9-12H2,1-4H3,(H,21,24). The maximum absolute atomic E-state index is 12.2. The molecule has 6 nitrogen and oxygen atoms in total. The largest absolute Gasteiger partial charge is 0.444 e. The normalized spacial score (nSPS) is 17.6. The molecule has 1 aromatic carbocycles. The number of benzene rings is 1. The first-order valence-electron chi connectivity index (χ1n) is 8.66. The number of carbonyl (C=O) groups is 2. The highest BCUT2D eigenvalue weighted by Crippen LogP contribution is 2.26. The fourth-order valence-electron chi connectivity index (χ4n) is 2.86. The number of ether oxygens (including phenoxy) is 1. The smallest absolute Gasteiger partial charge is 0.410 e. The van der Waals surface area contributed by atoms with Gasteiger partial charge in [-0.15, -0.1) is 0 Å². The maximum Gasteiger partial charge on any atom is 0.410 e. The Morgan fingerprint density at radius 2 is 1.85 bits per heavy atom. The van der Waals surface area contributed by atoms with Gasteiger partial charge in [0.2, 0.25) is 6.41 Å². The number of nitrogens with one attached hydrogen (secondary N) is 1. The molecule has 142 valence electrons. The van der Waals surface area contributed by atoms with Crippen LogP contribution in [0.5, 0.6) is 0 Å². The van der Waals surface area contributed by atoms with Crippen molar-refractivity contribution in [2.24, 2.45) is 4.99 Å².